The molecule has 0 unspecified atom stereocenters. The van der Waals surface area contributed by atoms with Gasteiger partial charge in [-0.05, 0) is 31.2 Å². The molecule has 5 heteroatoms. The van der Waals surface area contributed by atoms with Crippen LogP contribution in [0.25, 0.3) is 5.69 Å². The van der Waals surface area contributed by atoms with Crippen LogP contribution in [-0.4, -0.2) is 14.2 Å². The fourth-order valence-corrected chi connectivity index (χ4v) is 1.62. The highest BCUT2D eigenvalue weighted by molar-refractivity contribution is 5.37. The molecule has 0 bridgehead atoms. The van der Waals surface area contributed by atoms with E-state index >= 15 is 0 Å². The average molecular weight is 232 g/mol. The molecule has 1 N–H and O–H groups in total. The van der Waals surface area contributed by atoms with Crippen molar-refractivity contribution in [2.24, 2.45) is 7.05 Å². The van der Waals surface area contributed by atoms with E-state index in [-0.39, 0.29) is 11.3 Å². The van der Waals surface area contributed by atoms with Crippen molar-refractivity contribution in [3.8, 4) is 11.4 Å². The van der Waals surface area contributed by atoms with Crippen molar-refractivity contribution in [1.29, 1.82) is 0 Å². The van der Waals surface area contributed by atoms with Crippen molar-refractivity contribution in [2.45, 2.75) is 6.92 Å². The first kappa shape index (κ1) is 11.2. The zero-order valence-electron chi connectivity index (χ0n) is 9.54. The van der Waals surface area contributed by atoms with Crippen LogP contribution in [0.15, 0.2) is 40.1 Å². The van der Waals surface area contributed by atoms with Crippen molar-refractivity contribution in [1.82, 2.24) is 9.13 Å². The molecule has 2 aromatic rings. The fourth-order valence-electron chi connectivity index (χ4n) is 1.62. The lowest BCUT2D eigenvalue weighted by molar-refractivity contribution is 0.475. The van der Waals surface area contributed by atoms with E-state index < -0.39 is 5.69 Å². The number of phenols is 1. The summed E-state index contributed by atoms with van der Waals surface area (Å²) in [7, 11) is 1.44. The molecule has 0 radical (unpaired) electrons. The van der Waals surface area contributed by atoms with Gasteiger partial charge in [-0.1, -0.05) is 0 Å². The summed E-state index contributed by atoms with van der Waals surface area (Å²) in [6, 6.07) is 6.20. The number of aromatic nitrogens is 2. The van der Waals surface area contributed by atoms with E-state index in [4.69, 9.17) is 0 Å². The predicted molar refractivity (Wildman–Crippen MR) is 63.7 cm³/mol. The smallest absolute Gasteiger partial charge is 0.335 e. The largest absolute Gasteiger partial charge is 0.508 e. The highest BCUT2D eigenvalue weighted by atomic mass is 16.3. The molecule has 0 aliphatic heterocycles. The third-order valence-corrected chi connectivity index (χ3v) is 2.59. The molecule has 0 aliphatic carbocycles. The van der Waals surface area contributed by atoms with Crippen LogP contribution >= 0.6 is 0 Å². The third-order valence-electron chi connectivity index (χ3n) is 2.59. The SMILES string of the molecule is Cc1cn(-c2ccc(O)cc2)c(=O)n(C)c1=O. The van der Waals surface area contributed by atoms with E-state index in [1.807, 2.05) is 0 Å². The molecule has 1 aromatic carbocycles. The van der Waals surface area contributed by atoms with E-state index in [1.54, 1.807) is 19.1 Å². The first-order valence-electron chi connectivity index (χ1n) is 5.09. The van der Waals surface area contributed by atoms with Gasteiger partial charge in [-0.3, -0.25) is 13.9 Å². The minimum atomic E-state index is -0.411. The molecule has 1 heterocycles. The Hall–Kier alpha value is -2.30. The average Bonchev–Trinajstić information content (AvgIpc) is 2.32. The minimum Gasteiger partial charge on any atom is -0.508 e. The molecular formula is C12H12N2O3. The van der Waals surface area contributed by atoms with Crippen LogP contribution in [0.5, 0.6) is 5.75 Å². The molecule has 17 heavy (non-hydrogen) atoms. The molecule has 0 fully saturated rings. The predicted octanol–water partition coefficient (Wildman–Crippen LogP) is 0.550. The summed E-state index contributed by atoms with van der Waals surface area (Å²) >= 11 is 0. The number of nitrogens with zero attached hydrogens (tertiary/aromatic N) is 2. The van der Waals surface area contributed by atoms with Crippen LogP contribution < -0.4 is 11.2 Å². The molecular weight excluding hydrogens is 220 g/mol. The molecule has 0 saturated heterocycles. The molecule has 1 aromatic heterocycles. The highest BCUT2D eigenvalue weighted by Gasteiger charge is 2.06. The Morgan fingerprint density at radius 1 is 1.12 bits per heavy atom. The Balaban J connectivity index is 2.73. The van der Waals surface area contributed by atoms with E-state index in [1.165, 1.54) is 29.9 Å². The lowest BCUT2D eigenvalue weighted by Crippen LogP contribution is -2.38. The Kier molecular flexibility index (Phi) is 2.59. The van der Waals surface area contributed by atoms with Gasteiger partial charge in [-0.2, -0.15) is 0 Å². The molecule has 88 valence electrons. The van der Waals surface area contributed by atoms with Gasteiger partial charge >= 0.3 is 5.69 Å². The summed E-state index contributed by atoms with van der Waals surface area (Å²) in [4.78, 5) is 23.4. The van der Waals surface area contributed by atoms with Crippen molar-refractivity contribution in [3.63, 3.8) is 0 Å². The second-order valence-corrected chi connectivity index (χ2v) is 3.85. The Labute approximate surface area is 97.2 Å². The van der Waals surface area contributed by atoms with Crippen LogP contribution in [0.3, 0.4) is 0 Å². The fraction of sp³-hybridized carbons (Fsp3) is 0.167. The van der Waals surface area contributed by atoms with Gasteiger partial charge < -0.3 is 5.11 Å². The minimum absolute atomic E-state index is 0.128. The summed E-state index contributed by atoms with van der Waals surface area (Å²) in [6.45, 7) is 1.65. The summed E-state index contributed by atoms with van der Waals surface area (Å²) in [5.41, 5.74) is 0.378. The standard InChI is InChI=1S/C12H12N2O3/c1-8-7-14(12(17)13(2)11(8)16)9-3-5-10(15)6-4-9/h3-7,15H,1-2H3. The number of rotatable bonds is 1. The van der Waals surface area contributed by atoms with Gasteiger partial charge in [0.1, 0.15) is 5.75 Å². The Bertz CT molecular complexity index is 666. The highest BCUT2D eigenvalue weighted by Crippen LogP contribution is 2.11. The maximum absolute atomic E-state index is 11.9. The van der Waals surface area contributed by atoms with Gasteiger partial charge in [0.05, 0.1) is 5.69 Å². The van der Waals surface area contributed by atoms with Gasteiger partial charge in [-0.15, -0.1) is 0 Å². The van der Waals surface area contributed by atoms with Gasteiger partial charge in [0.2, 0.25) is 0 Å². The van der Waals surface area contributed by atoms with Crippen LogP contribution in [0, 0.1) is 6.92 Å². The molecule has 5 nitrogen and oxygen atoms in total. The number of phenolic OH excluding ortho intramolecular Hbond substituents is 1. The maximum Gasteiger partial charge on any atom is 0.335 e. The maximum atomic E-state index is 11.9. The number of benzene rings is 1. The first-order chi connectivity index (χ1) is 8.00. The summed E-state index contributed by atoms with van der Waals surface area (Å²) in [5, 5.41) is 9.18. The van der Waals surface area contributed by atoms with E-state index in [0.717, 1.165) is 4.57 Å². The number of hydrogen-bond donors (Lipinski definition) is 1. The van der Waals surface area contributed by atoms with Crippen molar-refractivity contribution in [3.05, 3.63) is 56.9 Å². The van der Waals surface area contributed by atoms with Gasteiger partial charge in [0, 0.05) is 18.8 Å². The zero-order chi connectivity index (χ0) is 12.6. The summed E-state index contributed by atoms with van der Waals surface area (Å²) in [5.74, 6) is 0.128. The molecule has 0 spiro atoms. The number of aromatic hydroxyl groups is 1. The Morgan fingerprint density at radius 3 is 2.29 bits per heavy atom. The van der Waals surface area contributed by atoms with Crippen LogP contribution in [0.1, 0.15) is 5.56 Å². The topological polar surface area (TPSA) is 64.2 Å². The number of hydrogen-bond acceptors (Lipinski definition) is 3. The van der Waals surface area contributed by atoms with E-state index in [0.29, 0.717) is 11.3 Å². The van der Waals surface area contributed by atoms with Gasteiger partial charge in [0.25, 0.3) is 5.56 Å². The summed E-state index contributed by atoms with van der Waals surface area (Å²) in [6.07, 6.45) is 1.50. The molecule has 0 atom stereocenters. The Morgan fingerprint density at radius 2 is 1.71 bits per heavy atom. The monoisotopic (exact) mass is 232 g/mol. The quantitative estimate of drug-likeness (QED) is 0.781. The second-order valence-electron chi connectivity index (χ2n) is 3.85. The zero-order valence-corrected chi connectivity index (χ0v) is 9.54. The normalized spacial score (nSPS) is 10.5. The van der Waals surface area contributed by atoms with Gasteiger partial charge in [0.15, 0.2) is 0 Å². The number of aryl methyl sites for hydroxylation is 1. The van der Waals surface area contributed by atoms with E-state index in [9.17, 15) is 14.7 Å². The van der Waals surface area contributed by atoms with Crippen molar-refractivity contribution in [2.75, 3.05) is 0 Å². The first-order valence-corrected chi connectivity index (χ1v) is 5.09. The van der Waals surface area contributed by atoms with Crippen molar-refractivity contribution < 1.29 is 5.11 Å². The van der Waals surface area contributed by atoms with Crippen molar-refractivity contribution >= 4 is 0 Å². The molecule has 0 amide bonds. The summed E-state index contributed by atoms with van der Waals surface area (Å²) < 4.78 is 2.43. The third kappa shape index (κ3) is 1.87. The van der Waals surface area contributed by atoms with Crippen LogP contribution in [0.2, 0.25) is 0 Å². The second kappa shape index (κ2) is 3.93. The van der Waals surface area contributed by atoms with E-state index in [2.05, 4.69) is 0 Å². The van der Waals surface area contributed by atoms with Crippen LogP contribution in [0.4, 0.5) is 0 Å². The molecule has 0 saturated carbocycles. The molecule has 2 rings (SSSR count). The lowest BCUT2D eigenvalue weighted by atomic mass is 10.3. The van der Waals surface area contributed by atoms with Crippen LogP contribution in [-0.2, 0) is 7.05 Å². The molecule has 0 aliphatic rings. The lowest BCUT2D eigenvalue weighted by Gasteiger charge is -2.08. The van der Waals surface area contributed by atoms with Gasteiger partial charge in [-0.25, -0.2) is 4.79 Å².